The normalized spacial score (nSPS) is 27.0. The maximum absolute atomic E-state index is 10.9. The molecule has 104 valence electrons. The van der Waals surface area contributed by atoms with Crippen molar-refractivity contribution >= 4 is 23.1 Å². The summed E-state index contributed by atoms with van der Waals surface area (Å²) in [5.41, 5.74) is -0.129. The molecule has 1 aliphatic carbocycles. The minimum Gasteiger partial charge on any atom is -0.361 e. The fraction of sp³-hybridized carbons (Fsp3) is 0.667. The SMILES string of the molecule is CC1CC(C)CC(Nc2nc(Cl)ncc2[N+](=O)[O-])C1. The van der Waals surface area contributed by atoms with Gasteiger partial charge in [-0.3, -0.25) is 10.1 Å². The number of nitrogens with zero attached hydrogens (tertiary/aromatic N) is 3. The molecule has 6 nitrogen and oxygen atoms in total. The molecule has 0 amide bonds. The molecule has 1 fully saturated rings. The van der Waals surface area contributed by atoms with Gasteiger partial charge in [0.15, 0.2) is 0 Å². The summed E-state index contributed by atoms with van der Waals surface area (Å²) in [7, 11) is 0. The fourth-order valence-corrected chi connectivity index (χ4v) is 2.99. The van der Waals surface area contributed by atoms with E-state index in [0.29, 0.717) is 11.8 Å². The molecule has 0 aromatic carbocycles. The van der Waals surface area contributed by atoms with Gasteiger partial charge in [-0.1, -0.05) is 13.8 Å². The maximum Gasteiger partial charge on any atom is 0.329 e. The summed E-state index contributed by atoms with van der Waals surface area (Å²) in [6.07, 6.45) is 4.32. The van der Waals surface area contributed by atoms with Crippen molar-refractivity contribution in [2.75, 3.05) is 5.32 Å². The predicted molar refractivity (Wildman–Crippen MR) is 73.3 cm³/mol. The number of rotatable bonds is 3. The lowest BCUT2D eigenvalue weighted by Gasteiger charge is -2.32. The first-order chi connectivity index (χ1) is 8.95. The zero-order valence-electron chi connectivity index (χ0n) is 11.0. The van der Waals surface area contributed by atoms with E-state index in [0.717, 1.165) is 19.0 Å². The molecule has 1 N–H and O–H groups in total. The number of hydrogen-bond acceptors (Lipinski definition) is 5. The molecule has 7 heteroatoms. The molecule has 1 heterocycles. The molecule has 0 spiro atoms. The highest BCUT2D eigenvalue weighted by Gasteiger charge is 2.26. The van der Waals surface area contributed by atoms with E-state index < -0.39 is 4.92 Å². The van der Waals surface area contributed by atoms with E-state index in [2.05, 4.69) is 29.1 Å². The number of hydrogen-bond donors (Lipinski definition) is 1. The first kappa shape index (κ1) is 14.0. The van der Waals surface area contributed by atoms with Crippen LogP contribution in [0.25, 0.3) is 0 Å². The van der Waals surface area contributed by atoms with Crippen LogP contribution in [0.3, 0.4) is 0 Å². The topological polar surface area (TPSA) is 81.0 Å². The average Bonchev–Trinajstić information content (AvgIpc) is 2.26. The Bertz CT molecular complexity index is 473. The van der Waals surface area contributed by atoms with Gasteiger partial charge in [-0.2, -0.15) is 4.98 Å². The summed E-state index contributed by atoms with van der Waals surface area (Å²) in [5, 5.41) is 14.1. The van der Waals surface area contributed by atoms with Gasteiger partial charge >= 0.3 is 5.69 Å². The molecule has 0 radical (unpaired) electrons. The first-order valence-electron chi connectivity index (χ1n) is 6.39. The molecule has 0 saturated heterocycles. The molecule has 1 aliphatic rings. The standard InChI is InChI=1S/C12H17ClN4O2/c1-7-3-8(2)5-9(4-7)15-11-10(17(18)19)6-14-12(13)16-11/h6-9H,3-5H2,1-2H3,(H,14,15,16). The maximum atomic E-state index is 10.9. The second kappa shape index (κ2) is 5.69. The Hall–Kier alpha value is -1.43. The van der Waals surface area contributed by atoms with Gasteiger partial charge < -0.3 is 5.32 Å². The molecule has 1 aromatic heterocycles. The van der Waals surface area contributed by atoms with E-state index in [1.54, 1.807) is 0 Å². The van der Waals surface area contributed by atoms with Gasteiger partial charge in [-0.05, 0) is 42.7 Å². The average molecular weight is 285 g/mol. The molecule has 0 aliphatic heterocycles. The van der Waals surface area contributed by atoms with Crippen LogP contribution in [-0.2, 0) is 0 Å². The van der Waals surface area contributed by atoms with E-state index >= 15 is 0 Å². The zero-order chi connectivity index (χ0) is 14.0. The van der Waals surface area contributed by atoms with E-state index in [4.69, 9.17) is 11.6 Å². The highest BCUT2D eigenvalue weighted by molar-refractivity contribution is 6.28. The van der Waals surface area contributed by atoms with Crippen LogP contribution in [0.1, 0.15) is 33.1 Å². The van der Waals surface area contributed by atoms with Gasteiger partial charge in [-0.25, -0.2) is 4.98 Å². The Morgan fingerprint density at radius 2 is 2.00 bits per heavy atom. The Kier molecular flexibility index (Phi) is 4.19. The molecule has 2 atom stereocenters. The second-order valence-corrected chi connectivity index (χ2v) is 5.73. The van der Waals surface area contributed by atoms with Gasteiger partial charge in [0.25, 0.3) is 0 Å². The summed E-state index contributed by atoms with van der Waals surface area (Å²) in [6, 6.07) is 0.198. The molecule has 1 saturated carbocycles. The summed E-state index contributed by atoms with van der Waals surface area (Å²) in [4.78, 5) is 18.1. The summed E-state index contributed by atoms with van der Waals surface area (Å²) < 4.78 is 0. The fourth-order valence-electron chi connectivity index (χ4n) is 2.85. The van der Waals surface area contributed by atoms with Crippen molar-refractivity contribution < 1.29 is 4.92 Å². The Morgan fingerprint density at radius 3 is 2.58 bits per heavy atom. The third-order valence-corrected chi connectivity index (χ3v) is 3.64. The predicted octanol–water partition coefficient (Wildman–Crippen LogP) is 3.27. The van der Waals surface area contributed by atoms with Crippen molar-refractivity contribution in [2.45, 2.75) is 39.2 Å². The van der Waals surface area contributed by atoms with Crippen LogP contribution in [0.5, 0.6) is 0 Å². The van der Waals surface area contributed by atoms with Crippen LogP contribution in [0.2, 0.25) is 5.28 Å². The van der Waals surface area contributed by atoms with Gasteiger partial charge in [0.05, 0.1) is 4.92 Å². The largest absolute Gasteiger partial charge is 0.361 e. The number of nitro groups is 1. The van der Waals surface area contributed by atoms with Crippen molar-refractivity contribution in [1.29, 1.82) is 0 Å². The van der Waals surface area contributed by atoms with Crippen molar-refractivity contribution in [3.05, 3.63) is 21.6 Å². The van der Waals surface area contributed by atoms with Crippen LogP contribution >= 0.6 is 11.6 Å². The van der Waals surface area contributed by atoms with Crippen molar-refractivity contribution in [3.8, 4) is 0 Å². The van der Waals surface area contributed by atoms with Crippen molar-refractivity contribution in [3.63, 3.8) is 0 Å². The van der Waals surface area contributed by atoms with Gasteiger partial charge in [0, 0.05) is 6.04 Å². The van der Waals surface area contributed by atoms with Gasteiger partial charge in [0.1, 0.15) is 6.20 Å². The highest BCUT2D eigenvalue weighted by Crippen LogP contribution is 2.32. The molecule has 1 aromatic rings. The van der Waals surface area contributed by atoms with E-state index in [9.17, 15) is 10.1 Å². The van der Waals surface area contributed by atoms with Crippen molar-refractivity contribution in [1.82, 2.24) is 9.97 Å². The highest BCUT2D eigenvalue weighted by atomic mass is 35.5. The lowest BCUT2D eigenvalue weighted by Crippen LogP contribution is -2.30. The lowest BCUT2D eigenvalue weighted by molar-refractivity contribution is -0.384. The Labute approximate surface area is 116 Å². The minimum absolute atomic E-state index is 0.0185. The Morgan fingerprint density at radius 1 is 1.37 bits per heavy atom. The molecule has 2 unspecified atom stereocenters. The molecule has 19 heavy (non-hydrogen) atoms. The summed E-state index contributed by atoms with van der Waals surface area (Å²) >= 11 is 5.71. The number of nitrogens with one attached hydrogen (secondary N) is 1. The molecular formula is C12H17ClN4O2. The van der Waals surface area contributed by atoms with Crippen LogP contribution in [0.15, 0.2) is 6.20 Å². The monoisotopic (exact) mass is 284 g/mol. The third-order valence-electron chi connectivity index (χ3n) is 3.46. The van der Waals surface area contributed by atoms with E-state index in [1.165, 1.54) is 6.42 Å². The van der Waals surface area contributed by atoms with Crippen molar-refractivity contribution in [2.24, 2.45) is 11.8 Å². The van der Waals surface area contributed by atoms with Crippen LogP contribution in [-0.4, -0.2) is 20.9 Å². The van der Waals surface area contributed by atoms with Gasteiger partial charge in [0.2, 0.25) is 11.1 Å². The summed E-state index contributed by atoms with van der Waals surface area (Å²) in [6.45, 7) is 4.40. The van der Waals surface area contributed by atoms with E-state index in [-0.39, 0.29) is 22.8 Å². The lowest BCUT2D eigenvalue weighted by atomic mass is 9.80. The number of halogens is 1. The van der Waals surface area contributed by atoms with Crippen LogP contribution in [0, 0.1) is 22.0 Å². The molecule has 2 rings (SSSR count). The van der Waals surface area contributed by atoms with Crippen LogP contribution in [0.4, 0.5) is 11.5 Å². The quantitative estimate of drug-likeness (QED) is 0.523. The smallest absolute Gasteiger partial charge is 0.329 e. The van der Waals surface area contributed by atoms with E-state index in [1.807, 2.05) is 0 Å². The number of aromatic nitrogens is 2. The minimum atomic E-state index is -0.492. The summed E-state index contributed by atoms with van der Waals surface area (Å²) in [5.74, 6) is 1.44. The first-order valence-corrected chi connectivity index (χ1v) is 6.77. The van der Waals surface area contributed by atoms with Gasteiger partial charge in [-0.15, -0.1) is 0 Å². The third kappa shape index (κ3) is 3.53. The second-order valence-electron chi connectivity index (χ2n) is 5.39. The number of anilines is 1. The zero-order valence-corrected chi connectivity index (χ0v) is 11.7. The molecule has 0 bridgehead atoms. The van der Waals surface area contributed by atoms with Crippen LogP contribution < -0.4 is 5.32 Å². The molecular weight excluding hydrogens is 268 g/mol. The Balaban J connectivity index is 2.18.